The molecule has 38 heavy (non-hydrogen) atoms. The van der Waals surface area contributed by atoms with E-state index in [1.807, 2.05) is 0 Å². The summed E-state index contributed by atoms with van der Waals surface area (Å²) in [5.74, 6) is 4.17. The summed E-state index contributed by atoms with van der Waals surface area (Å²) in [6.45, 7) is -1.55. The number of hydrogen-bond donors (Lipinski definition) is 2. The van der Waals surface area contributed by atoms with E-state index in [1.165, 1.54) is 54.9 Å². The molecule has 2 heterocycles. The van der Waals surface area contributed by atoms with Crippen LogP contribution in [0.15, 0.2) is 71.9 Å². The van der Waals surface area contributed by atoms with Crippen molar-refractivity contribution in [2.24, 2.45) is 0 Å². The summed E-state index contributed by atoms with van der Waals surface area (Å²) in [5, 5.41) is 9.31. The molecule has 2 N–H and O–H groups in total. The predicted octanol–water partition coefficient (Wildman–Crippen LogP) is 5.12. The molecule has 8 nitrogen and oxygen atoms in total. The van der Waals surface area contributed by atoms with Crippen LogP contribution in [0.25, 0.3) is 10.9 Å². The van der Waals surface area contributed by atoms with Crippen molar-refractivity contribution in [3.8, 4) is 17.6 Å². The number of rotatable bonds is 6. The van der Waals surface area contributed by atoms with Crippen LogP contribution in [0.2, 0.25) is 5.02 Å². The summed E-state index contributed by atoms with van der Waals surface area (Å²) in [6.07, 6.45) is -2.02. The standard InChI is InChI=1S/C25H15ClF3N3O5S/c26-17-6-8-19(16(12-17)5-3-15-4-7-20(24(33)34)31-13-15)32-38(35,36)22-10-9-21(37-14-25(27,28)29)18-2-1-11-30-23(18)22/h1-2,4,6-13,32H,14H2,(H,33,34). The molecule has 4 rings (SSSR count). The van der Waals surface area contributed by atoms with Gasteiger partial charge in [0.25, 0.3) is 10.0 Å². The summed E-state index contributed by atoms with van der Waals surface area (Å²) >= 11 is 6.07. The first-order valence-electron chi connectivity index (χ1n) is 10.5. The molecule has 0 saturated heterocycles. The molecule has 0 bridgehead atoms. The van der Waals surface area contributed by atoms with E-state index < -0.39 is 28.8 Å². The van der Waals surface area contributed by atoms with Gasteiger partial charge in [-0.15, -0.1) is 0 Å². The van der Waals surface area contributed by atoms with Crippen molar-refractivity contribution in [3.05, 3.63) is 88.8 Å². The van der Waals surface area contributed by atoms with Crippen molar-refractivity contribution < 1.29 is 36.2 Å². The van der Waals surface area contributed by atoms with Gasteiger partial charge >= 0.3 is 12.1 Å². The van der Waals surface area contributed by atoms with E-state index in [-0.39, 0.29) is 43.5 Å². The molecule has 0 radical (unpaired) electrons. The number of aromatic carboxylic acids is 1. The van der Waals surface area contributed by atoms with Crippen molar-refractivity contribution in [1.29, 1.82) is 0 Å². The minimum atomic E-state index is -4.58. The van der Waals surface area contributed by atoms with E-state index >= 15 is 0 Å². The van der Waals surface area contributed by atoms with Crippen molar-refractivity contribution in [2.45, 2.75) is 11.1 Å². The number of carboxylic acid groups (broad SMARTS) is 1. The normalized spacial score (nSPS) is 11.5. The monoisotopic (exact) mass is 561 g/mol. The molecule has 0 fully saturated rings. The molecule has 0 saturated carbocycles. The second kappa shape index (κ2) is 10.6. The molecule has 13 heteroatoms. The van der Waals surface area contributed by atoms with Gasteiger partial charge in [-0.25, -0.2) is 18.2 Å². The number of aromatic nitrogens is 2. The van der Waals surface area contributed by atoms with Gasteiger partial charge in [-0.3, -0.25) is 9.71 Å². The molecular weight excluding hydrogens is 547 g/mol. The van der Waals surface area contributed by atoms with E-state index in [0.717, 1.165) is 12.1 Å². The zero-order valence-corrected chi connectivity index (χ0v) is 20.5. The van der Waals surface area contributed by atoms with Crippen LogP contribution in [0.5, 0.6) is 5.75 Å². The van der Waals surface area contributed by atoms with Gasteiger partial charge in [-0.2, -0.15) is 13.2 Å². The minimum absolute atomic E-state index is 0.0681. The maximum absolute atomic E-state index is 13.3. The van der Waals surface area contributed by atoms with E-state index in [4.69, 9.17) is 21.4 Å². The van der Waals surface area contributed by atoms with E-state index in [9.17, 15) is 26.4 Å². The molecular formula is C25H15ClF3N3O5S. The van der Waals surface area contributed by atoms with E-state index in [1.54, 1.807) is 0 Å². The first kappa shape index (κ1) is 26.7. The van der Waals surface area contributed by atoms with Crippen LogP contribution in [0.1, 0.15) is 21.6 Å². The lowest BCUT2D eigenvalue weighted by molar-refractivity contribution is -0.153. The van der Waals surface area contributed by atoms with Crippen LogP contribution in [0, 0.1) is 11.8 Å². The summed E-state index contributed by atoms with van der Waals surface area (Å²) < 4.78 is 71.9. The first-order chi connectivity index (χ1) is 17.9. The van der Waals surface area contributed by atoms with Gasteiger partial charge in [0.05, 0.1) is 16.8 Å². The largest absolute Gasteiger partial charge is 0.483 e. The maximum atomic E-state index is 13.3. The van der Waals surface area contributed by atoms with Gasteiger partial charge in [0.1, 0.15) is 16.3 Å². The summed E-state index contributed by atoms with van der Waals surface area (Å²) in [6, 6.07) is 12.0. The van der Waals surface area contributed by atoms with Gasteiger partial charge in [-0.1, -0.05) is 23.4 Å². The Balaban J connectivity index is 1.69. The van der Waals surface area contributed by atoms with E-state index in [0.29, 0.717) is 5.56 Å². The highest BCUT2D eigenvalue weighted by atomic mass is 35.5. The van der Waals surface area contributed by atoms with Gasteiger partial charge in [0.15, 0.2) is 6.61 Å². The molecule has 2 aromatic heterocycles. The molecule has 0 spiro atoms. The van der Waals surface area contributed by atoms with Gasteiger partial charge in [0, 0.05) is 28.4 Å². The fraction of sp³-hybridized carbons (Fsp3) is 0.0800. The number of sulfonamides is 1. The van der Waals surface area contributed by atoms with Crippen LogP contribution in [0.4, 0.5) is 18.9 Å². The predicted molar refractivity (Wildman–Crippen MR) is 133 cm³/mol. The fourth-order valence-electron chi connectivity index (χ4n) is 3.27. The number of nitrogens with zero attached hydrogens (tertiary/aromatic N) is 2. The zero-order chi connectivity index (χ0) is 27.5. The quantitative estimate of drug-likeness (QED) is 0.314. The van der Waals surface area contributed by atoms with Crippen molar-refractivity contribution >= 4 is 44.2 Å². The molecule has 0 aliphatic heterocycles. The number of alkyl halides is 3. The Labute approximate surface area is 219 Å². The second-order valence-electron chi connectivity index (χ2n) is 7.65. The smallest absolute Gasteiger partial charge is 0.422 e. The second-order valence-corrected chi connectivity index (χ2v) is 9.74. The number of hydrogen-bond acceptors (Lipinski definition) is 6. The van der Waals surface area contributed by atoms with Crippen LogP contribution in [0.3, 0.4) is 0 Å². The maximum Gasteiger partial charge on any atom is 0.422 e. The van der Waals surface area contributed by atoms with Crippen LogP contribution in [-0.2, 0) is 10.0 Å². The van der Waals surface area contributed by atoms with E-state index in [2.05, 4.69) is 26.5 Å². The molecule has 0 amide bonds. The molecule has 2 aromatic carbocycles. The number of halogens is 4. The number of nitrogens with one attached hydrogen (secondary N) is 1. The average Bonchev–Trinajstić information content (AvgIpc) is 2.87. The Kier molecular flexibility index (Phi) is 7.43. The summed E-state index contributed by atoms with van der Waals surface area (Å²) in [4.78, 5) is 18.5. The number of ether oxygens (including phenoxy) is 1. The summed E-state index contributed by atoms with van der Waals surface area (Å²) in [7, 11) is -4.31. The zero-order valence-electron chi connectivity index (χ0n) is 19.0. The average molecular weight is 562 g/mol. The Morgan fingerprint density at radius 1 is 1.08 bits per heavy atom. The number of carbonyl (C=O) groups is 1. The number of anilines is 1. The Hall–Kier alpha value is -4.34. The third-order valence-corrected chi connectivity index (χ3v) is 6.56. The molecule has 0 atom stereocenters. The highest BCUT2D eigenvalue weighted by molar-refractivity contribution is 7.93. The highest BCUT2D eigenvalue weighted by Crippen LogP contribution is 2.32. The topological polar surface area (TPSA) is 118 Å². The first-order valence-corrected chi connectivity index (χ1v) is 12.4. The highest BCUT2D eigenvalue weighted by Gasteiger charge is 2.29. The third kappa shape index (κ3) is 6.31. The van der Waals surface area contributed by atoms with Gasteiger partial charge in [-0.05, 0) is 54.6 Å². The number of fused-ring (bicyclic) bond motifs is 1. The Bertz CT molecular complexity index is 1700. The van der Waals surface area contributed by atoms with Gasteiger partial charge < -0.3 is 9.84 Å². The molecule has 0 aliphatic rings. The number of pyridine rings is 2. The van der Waals surface area contributed by atoms with Crippen molar-refractivity contribution in [3.63, 3.8) is 0 Å². The molecule has 4 aromatic rings. The van der Waals surface area contributed by atoms with Crippen LogP contribution < -0.4 is 9.46 Å². The van der Waals surface area contributed by atoms with Crippen molar-refractivity contribution in [1.82, 2.24) is 9.97 Å². The molecule has 194 valence electrons. The van der Waals surface area contributed by atoms with Crippen LogP contribution in [-0.4, -0.2) is 42.2 Å². The lowest BCUT2D eigenvalue weighted by atomic mass is 10.1. The Morgan fingerprint density at radius 3 is 2.55 bits per heavy atom. The van der Waals surface area contributed by atoms with Crippen molar-refractivity contribution in [2.75, 3.05) is 11.3 Å². The Morgan fingerprint density at radius 2 is 1.87 bits per heavy atom. The summed E-state index contributed by atoms with van der Waals surface area (Å²) in [5.41, 5.74) is 0.381. The molecule has 0 unspecified atom stereocenters. The molecule has 0 aliphatic carbocycles. The minimum Gasteiger partial charge on any atom is -0.483 e. The van der Waals surface area contributed by atoms with Gasteiger partial charge in [0.2, 0.25) is 0 Å². The SMILES string of the molecule is O=C(O)c1ccc(C#Cc2cc(Cl)ccc2NS(=O)(=O)c2ccc(OCC(F)(F)F)c3cccnc23)cn1. The lowest BCUT2D eigenvalue weighted by Gasteiger charge is -2.15. The van der Waals surface area contributed by atoms with Crippen LogP contribution >= 0.6 is 11.6 Å². The third-order valence-electron chi connectivity index (χ3n) is 4.92. The number of benzene rings is 2. The fourth-order valence-corrected chi connectivity index (χ4v) is 4.68. The number of carboxylic acids is 1. The lowest BCUT2D eigenvalue weighted by Crippen LogP contribution is -2.19.